The van der Waals surface area contributed by atoms with E-state index in [9.17, 15) is 22.4 Å². The van der Waals surface area contributed by atoms with E-state index in [0.717, 1.165) is 17.7 Å². The molecule has 0 aliphatic carbocycles. The van der Waals surface area contributed by atoms with Gasteiger partial charge in [-0.25, -0.2) is 22.2 Å². The number of sulfonamides is 1. The van der Waals surface area contributed by atoms with E-state index in [0.29, 0.717) is 10.6 Å². The number of hydrogen-bond donors (Lipinski definition) is 1. The fraction of sp³-hybridized carbons (Fsp3) is 0.276. The van der Waals surface area contributed by atoms with Gasteiger partial charge in [0.2, 0.25) is 15.8 Å². The predicted octanol–water partition coefficient (Wildman–Crippen LogP) is 6.56. The van der Waals surface area contributed by atoms with Gasteiger partial charge in [-0.2, -0.15) is 0 Å². The summed E-state index contributed by atoms with van der Waals surface area (Å²) in [6, 6.07) is 10.2. The fourth-order valence-corrected chi connectivity index (χ4v) is 5.32. The number of fused-ring (bicyclic) bond motifs is 1. The average molecular weight is 604 g/mol. The van der Waals surface area contributed by atoms with Crippen LogP contribution in [0.2, 0.25) is 5.02 Å². The second-order valence-corrected chi connectivity index (χ2v) is 12.7. The van der Waals surface area contributed by atoms with E-state index >= 15 is 4.39 Å². The molecule has 0 fully saturated rings. The number of anilines is 1. The van der Waals surface area contributed by atoms with Crippen molar-refractivity contribution < 1.29 is 31.5 Å². The number of aromatic nitrogens is 2. The number of nitrogens with zero attached hydrogens (tertiary/aromatic N) is 2. The van der Waals surface area contributed by atoms with Gasteiger partial charge in [-0.1, -0.05) is 30.7 Å². The van der Waals surface area contributed by atoms with E-state index < -0.39 is 50.1 Å². The van der Waals surface area contributed by atoms with E-state index in [4.69, 9.17) is 16.3 Å². The predicted molar refractivity (Wildman–Crippen MR) is 153 cm³/mol. The van der Waals surface area contributed by atoms with Crippen LogP contribution in [-0.2, 0) is 26.3 Å². The van der Waals surface area contributed by atoms with E-state index in [1.165, 1.54) is 10.8 Å². The maximum absolute atomic E-state index is 15.5. The van der Waals surface area contributed by atoms with Crippen molar-refractivity contribution in [3.8, 4) is 11.1 Å². The number of hydrogen-bond acceptors (Lipinski definition) is 6. The number of pyridine rings is 1. The monoisotopic (exact) mass is 603 g/mol. The van der Waals surface area contributed by atoms with Crippen molar-refractivity contribution in [2.45, 2.75) is 40.8 Å². The van der Waals surface area contributed by atoms with Gasteiger partial charge in [-0.05, 0) is 63.1 Å². The Balaban J connectivity index is 1.85. The van der Waals surface area contributed by atoms with Crippen molar-refractivity contribution in [2.24, 2.45) is 5.41 Å². The molecule has 4 aromatic rings. The Labute approximate surface area is 241 Å². The first-order chi connectivity index (χ1) is 19.2. The number of ketones is 1. The topological polar surface area (TPSA) is 107 Å². The number of esters is 1. The van der Waals surface area contributed by atoms with Crippen LogP contribution in [0.4, 0.5) is 14.5 Å². The van der Waals surface area contributed by atoms with Gasteiger partial charge in [-0.3, -0.25) is 18.9 Å². The number of halogens is 3. The largest absolute Gasteiger partial charge is 0.443 e. The molecule has 0 bridgehead atoms. The van der Waals surface area contributed by atoms with Crippen molar-refractivity contribution in [1.29, 1.82) is 0 Å². The lowest BCUT2D eigenvalue weighted by Crippen LogP contribution is -2.24. The zero-order valence-electron chi connectivity index (χ0n) is 22.8. The van der Waals surface area contributed by atoms with Crippen LogP contribution in [0.3, 0.4) is 0 Å². The van der Waals surface area contributed by atoms with E-state index in [1.807, 2.05) is 0 Å². The van der Waals surface area contributed by atoms with Gasteiger partial charge in [0, 0.05) is 28.4 Å². The third-order valence-corrected chi connectivity index (χ3v) is 7.87. The molecule has 0 spiro atoms. The summed E-state index contributed by atoms with van der Waals surface area (Å²) in [7, 11) is -3.92. The Kier molecular flexibility index (Phi) is 8.51. The average Bonchev–Trinajstić information content (AvgIpc) is 3.26. The highest BCUT2D eigenvalue weighted by atomic mass is 35.5. The number of rotatable bonds is 9. The van der Waals surface area contributed by atoms with Crippen LogP contribution < -0.4 is 4.72 Å². The van der Waals surface area contributed by atoms with Crippen LogP contribution in [-0.4, -0.2) is 35.5 Å². The van der Waals surface area contributed by atoms with Gasteiger partial charge >= 0.3 is 5.97 Å². The third-order valence-electron chi connectivity index (χ3n) is 6.14. The Hall–Kier alpha value is -3.83. The van der Waals surface area contributed by atoms with Crippen molar-refractivity contribution >= 4 is 50.1 Å². The van der Waals surface area contributed by atoms with Gasteiger partial charge in [0.1, 0.15) is 11.5 Å². The Bertz CT molecular complexity index is 1750. The molecule has 0 saturated heterocycles. The molecule has 0 saturated carbocycles. The summed E-state index contributed by atoms with van der Waals surface area (Å²) in [6.45, 7) is 6.37. The molecule has 2 heterocycles. The van der Waals surface area contributed by atoms with Crippen molar-refractivity contribution in [3.05, 3.63) is 82.6 Å². The molecular formula is C29H28ClF2N3O5S. The zero-order chi connectivity index (χ0) is 30.1. The van der Waals surface area contributed by atoms with Crippen LogP contribution >= 0.6 is 11.6 Å². The lowest BCUT2D eigenvalue weighted by atomic mass is 9.98. The summed E-state index contributed by atoms with van der Waals surface area (Å²) in [5.41, 5.74) is -0.868. The molecule has 0 atom stereocenters. The molecule has 0 aliphatic rings. The lowest BCUT2D eigenvalue weighted by molar-refractivity contribution is -0.156. The summed E-state index contributed by atoms with van der Waals surface area (Å²) in [6.07, 6.45) is 3.12. The number of nitrogens with one attached hydrogen (secondary N) is 1. The number of ether oxygens (including phenoxy) is 1. The SMILES string of the molecule is CCCS(=O)(=O)Nc1ccc(F)c(C(=O)c2cn(COC(=O)C(C)(C)C)c3ncc(-c4ccc(Cl)cc4)cc23)c1F. The maximum Gasteiger partial charge on any atom is 0.312 e. The molecule has 1 N–H and O–H groups in total. The molecule has 216 valence electrons. The number of carbonyl (C=O) groups excluding carboxylic acids is 2. The first kappa shape index (κ1) is 30.1. The molecule has 0 unspecified atom stereocenters. The maximum atomic E-state index is 15.5. The molecule has 12 heteroatoms. The van der Waals surface area contributed by atoms with Crippen molar-refractivity contribution in [3.63, 3.8) is 0 Å². The third kappa shape index (κ3) is 6.57. The Morgan fingerprint density at radius 3 is 2.39 bits per heavy atom. The Morgan fingerprint density at radius 1 is 1.07 bits per heavy atom. The molecular weight excluding hydrogens is 576 g/mol. The number of benzene rings is 2. The second-order valence-electron chi connectivity index (χ2n) is 10.5. The fourth-order valence-electron chi connectivity index (χ4n) is 4.06. The standard InChI is InChI=1S/C29H28ClF2N3O5S/c1-5-12-41(38,39)34-23-11-10-22(31)24(25(23)32)26(36)21-15-35(16-40-28(37)29(2,3)4)27-20(21)13-18(14-33-27)17-6-8-19(30)9-7-17/h6-11,13-15,34H,5,12,16H2,1-4H3. The van der Waals surface area contributed by atoms with E-state index in [-0.39, 0.29) is 35.5 Å². The second kappa shape index (κ2) is 11.6. The minimum absolute atomic E-state index is 0.124. The highest BCUT2D eigenvalue weighted by Crippen LogP contribution is 2.31. The quantitative estimate of drug-likeness (QED) is 0.171. The van der Waals surface area contributed by atoms with Gasteiger partial charge in [0.05, 0.1) is 28.0 Å². The molecule has 8 nitrogen and oxygen atoms in total. The van der Waals surface area contributed by atoms with Gasteiger partial charge in [-0.15, -0.1) is 0 Å². The minimum Gasteiger partial charge on any atom is -0.443 e. The first-order valence-electron chi connectivity index (χ1n) is 12.7. The summed E-state index contributed by atoms with van der Waals surface area (Å²) < 4.78 is 63.9. The summed E-state index contributed by atoms with van der Waals surface area (Å²) in [5.74, 6) is -4.36. The molecule has 2 aromatic carbocycles. The summed E-state index contributed by atoms with van der Waals surface area (Å²) >= 11 is 6.01. The van der Waals surface area contributed by atoms with E-state index in [2.05, 4.69) is 9.71 Å². The van der Waals surface area contributed by atoms with E-state index in [1.54, 1.807) is 64.2 Å². The smallest absolute Gasteiger partial charge is 0.312 e. The molecule has 41 heavy (non-hydrogen) atoms. The van der Waals surface area contributed by atoms with Crippen LogP contribution in [0, 0.1) is 17.0 Å². The lowest BCUT2D eigenvalue weighted by Gasteiger charge is -2.17. The minimum atomic E-state index is -3.92. The van der Waals surface area contributed by atoms with Crippen molar-refractivity contribution in [2.75, 3.05) is 10.5 Å². The van der Waals surface area contributed by atoms with Crippen molar-refractivity contribution in [1.82, 2.24) is 9.55 Å². The normalized spacial score (nSPS) is 12.0. The van der Waals surface area contributed by atoms with Crippen LogP contribution in [0.5, 0.6) is 0 Å². The molecule has 0 radical (unpaired) electrons. The summed E-state index contributed by atoms with van der Waals surface area (Å²) in [5, 5.41) is 0.760. The van der Waals surface area contributed by atoms with Gasteiger partial charge in [0.15, 0.2) is 12.5 Å². The van der Waals surface area contributed by atoms with Gasteiger partial charge in [0.25, 0.3) is 0 Å². The zero-order valence-corrected chi connectivity index (χ0v) is 24.4. The van der Waals surface area contributed by atoms with Crippen LogP contribution in [0.25, 0.3) is 22.2 Å². The first-order valence-corrected chi connectivity index (χ1v) is 14.7. The molecule has 2 aromatic heterocycles. The summed E-state index contributed by atoms with van der Waals surface area (Å²) in [4.78, 5) is 30.6. The highest BCUT2D eigenvalue weighted by Gasteiger charge is 2.28. The molecule has 0 amide bonds. The molecule has 0 aliphatic heterocycles. The highest BCUT2D eigenvalue weighted by molar-refractivity contribution is 7.92. The number of carbonyl (C=O) groups is 2. The molecule has 4 rings (SSSR count). The Morgan fingerprint density at radius 2 is 1.76 bits per heavy atom. The van der Waals surface area contributed by atoms with Gasteiger partial charge < -0.3 is 4.74 Å². The van der Waals surface area contributed by atoms with Crippen LogP contribution in [0.15, 0.2) is 54.9 Å². The van der Waals surface area contributed by atoms with Crippen LogP contribution in [0.1, 0.15) is 50.0 Å².